The van der Waals surface area contributed by atoms with Crippen LogP contribution in [-0.2, 0) is 14.3 Å². The van der Waals surface area contributed by atoms with Gasteiger partial charge in [0, 0.05) is 31.6 Å². The predicted octanol–water partition coefficient (Wildman–Crippen LogP) is 3.38. The number of methoxy groups -OCH3 is 2. The maximum absolute atomic E-state index is 13.1. The van der Waals surface area contributed by atoms with Gasteiger partial charge in [0.25, 0.3) is 11.8 Å². The molecule has 0 saturated carbocycles. The molecule has 164 valence electrons. The second kappa shape index (κ2) is 10.1. The fourth-order valence-corrected chi connectivity index (χ4v) is 3.59. The van der Waals surface area contributed by atoms with E-state index in [0.29, 0.717) is 16.9 Å². The van der Waals surface area contributed by atoms with Gasteiger partial charge in [-0.3, -0.25) is 14.5 Å². The highest BCUT2D eigenvalue weighted by molar-refractivity contribution is 6.36. The monoisotopic (exact) mass is 423 g/mol. The first kappa shape index (κ1) is 22.4. The van der Waals surface area contributed by atoms with Crippen molar-refractivity contribution >= 4 is 28.8 Å². The van der Waals surface area contributed by atoms with Crippen molar-refractivity contribution < 1.29 is 19.1 Å². The van der Waals surface area contributed by atoms with Crippen molar-refractivity contribution in [2.45, 2.75) is 13.8 Å². The highest BCUT2D eigenvalue weighted by Crippen LogP contribution is 2.31. The summed E-state index contributed by atoms with van der Waals surface area (Å²) in [6, 6.07) is 15.0. The Morgan fingerprint density at radius 1 is 0.903 bits per heavy atom. The number of hydrogen-bond acceptors (Lipinski definition) is 6. The average Bonchev–Trinajstić information content (AvgIpc) is 3.03. The molecular formula is C24H29N3O4. The van der Waals surface area contributed by atoms with Crippen molar-refractivity contribution in [2.24, 2.45) is 0 Å². The third kappa shape index (κ3) is 4.72. The van der Waals surface area contributed by atoms with E-state index in [1.807, 2.05) is 24.3 Å². The minimum absolute atomic E-state index is 0.194. The van der Waals surface area contributed by atoms with Crippen molar-refractivity contribution in [1.29, 1.82) is 0 Å². The van der Waals surface area contributed by atoms with Crippen molar-refractivity contribution in [3.63, 3.8) is 0 Å². The normalized spacial score (nSPS) is 13.7. The maximum atomic E-state index is 13.1. The van der Waals surface area contributed by atoms with Gasteiger partial charge in [-0.15, -0.1) is 0 Å². The molecule has 2 aromatic rings. The number of ether oxygens (including phenoxy) is 2. The number of imide groups is 1. The molecule has 7 heteroatoms. The van der Waals surface area contributed by atoms with E-state index >= 15 is 0 Å². The Labute approximate surface area is 183 Å². The van der Waals surface area contributed by atoms with E-state index in [1.165, 1.54) is 4.90 Å². The van der Waals surface area contributed by atoms with Crippen LogP contribution < -0.4 is 15.0 Å². The number of anilines is 2. The fourth-order valence-electron chi connectivity index (χ4n) is 3.59. The van der Waals surface area contributed by atoms with Crippen LogP contribution in [0.15, 0.2) is 54.2 Å². The minimum Gasteiger partial charge on any atom is -0.497 e. The number of hydrogen-bond donors (Lipinski definition) is 1. The molecule has 1 aliphatic heterocycles. The van der Waals surface area contributed by atoms with Gasteiger partial charge in [0.15, 0.2) is 0 Å². The summed E-state index contributed by atoms with van der Waals surface area (Å²) >= 11 is 0. The molecule has 1 heterocycles. The fraction of sp³-hybridized carbons (Fsp3) is 0.333. The Hall–Kier alpha value is -3.32. The molecule has 0 fully saturated rings. The summed E-state index contributed by atoms with van der Waals surface area (Å²) in [6.45, 7) is 6.52. The lowest BCUT2D eigenvalue weighted by molar-refractivity contribution is -0.137. The standard InChI is InChI=1S/C24H29N3O4/c1-5-26(6-2)19-11-9-18(10-12-19)25-22-21(17-7-13-20(31-4)14-8-17)23(28)27(24(22)29)15-16-30-3/h7-14,25H,5-6,15-16H2,1-4H3. The van der Waals surface area contributed by atoms with Gasteiger partial charge in [0.05, 0.1) is 25.8 Å². The highest BCUT2D eigenvalue weighted by atomic mass is 16.5. The quantitative estimate of drug-likeness (QED) is 0.591. The summed E-state index contributed by atoms with van der Waals surface area (Å²) < 4.78 is 10.3. The zero-order chi connectivity index (χ0) is 22.4. The third-order valence-corrected chi connectivity index (χ3v) is 5.33. The SMILES string of the molecule is CCN(CC)c1ccc(NC2=C(c3ccc(OC)cc3)C(=O)N(CCOC)C2=O)cc1. The Bertz CT molecular complexity index is 948. The van der Waals surface area contributed by atoms with Crippen LogP contribution in [0.3, 0.4) is 0 Å². The van der Waals surface area contributed by atoms with Crippen LogP contribution in [0.1, 0.15) is 19.4 Å². The second-order valence-electron chi connectivity index (χ2n) is 7.08. The molecule has 3 rings (SSSR count). The smallest absolute Gasteiger partial charge is 0.278 e. The predicted molar refractivity (Wildman–Crippen MR) is 122 cm³/mol. The van der Waals surface area contributed by atoms with Crippen LogP contribution in [-0.4, -0.2) is 57.2 Å². The summed E-state index contributed by atoms with van der Waals surface area (Å²) in [6.07, 6.45) is 0. The summed E-state index contributed by atoms with van der Waals surface area (Å²) in [5.41, 5.74) is 3.11. The lowest BCUT2D eigenvalue weighted by Gasteiger charge is -2.21. The van der Waals surface area contributed by atoms with Crippen molar-refractivity contribution in [3.8, 4) is 5.75 Å². The molecule has 1 N–H and O–H groups in total. The number of carbonyl (C=O) groups excluding carboxylic acids is 2. The first-order valence-corrected chi connectivity index (χ1v) is 10.4. The van der Waals surface area contributed by atoms with Crippen LogP contribution >= 0.6 is 0 Å². The van der Waals surface area contributed by atoms with Gasteiger partial charge < -0.3 is 19.7 Å². The average molecular weight is 424 g/mol. The molecule has 31 heavy (non-hydrogen) atoms. The zero-order valence-corrected chi connectivity index (χ0v) is 18.5. The van der Waals surface area contributed by atoms with Gasteiger partial charge in [-0.2, -0.15) is 0 Å². The summed E-state index contributed by atoms with van der Waals surface area (Å²) in [5.74, 6) is -0.0194. The van der Waals surface area contributed by atoms with E-state index in [4.69, 9.17) is 9.47 Å². The number of rotatable bonds is 10. The molecule has 1 aliphatic rings. The number of nitrogens with zero attached hydrogens (tertiary/aromatic N) is 2. The molecule has 0 aliphatic carbocycles. The van der Waals surface area contributed by atoms with Crippen LogP contribution in [0.5, 0.6) is 5.75 Å². The maximum Gasteiger partial charge on any atom is 0.278 e. The van der Waals surface area contributed by atoms with E-state index in [-0.39, 0.29) is 30.7 Å². The van der Waals surface area contributed by atoms with Crippen molar-refractivity contribution in [1.82, 2.24) is 4.90 Å². The van der Waals surface area contributed by atoms with Gasteiger partial charge in [-0.25, -0.2) is 0 Å². The second-order valence-corrected chi connectivity index (χ2v) is 7.08. The molecule has 7 nitrogen and oxygen atoms in total. The number of carbonyl (C=O) groups is 2. The Morgan fingerprint density at radius 2 is 1.55 bits per heavy atom. The lowest BCUT2D eigenvalue weighted by atomic mass is 10.0. The molecule has 0 unspecified atom stereocenters. The number of amides is 2. The molecule has 2 aromatic carbocycles. The minimum atomic E-state index is -0.360. The van der Waals surface area contributed by atoms with Gasteiger partial charge in [-0.05, 0) is 55.8 Å². The molecule has 0 spiro atoms. The zero-order valence-electron chi connectivity index (χ0n) is 18.5. The Kier molecular flexibility index (Phi) is 7.31. The molecule has 0 atom stereocenters. The first-order valence-electron chi connectivity index (χ1n) is 10.4. The van der Waals surface area contributed by atoms with Gasteiger partial charge >= 0.3 is 0 Å². The van der Waals surface area contributed by atoms with Crippen molar-refractivity contribution in [2.75, 3.05) is 50.7 Å². The largest absolute Gasteiger partial charge is 0.497 e. The molecule has 0 bridgehead atoms. The topological polar surface area (TPSA) is 71.1 Å². The number of benzene rings is 2. The Balaban J connectivity index is 1.95. The van der Waals surface area contributed by atoms with Gasteiger partial charge in [-0.1, -0.05) is 12.1 Å². The van der Waals surface area contributed by atoms with Crippen LogP contribution in [0.4, 0.5) is 11.4 Å². The summed E-state index contributed by atoms with van der Waals surface area (Å²) in [7, 11) is 3.12. The highest BCUT2D eigenvalue weighted by Gasteiger charge is 2.38. The van der Waals surface area contributed by atoms with E-state index in [1.54, 1.807) is 38.5 Å². The summed E-state index contributed by atoms with van der Waals surface area (Å²) in [4.78, 5) is 29.7. The first-order chi connectivity index (χ1) is 15.0. The van der Waals surface area contributed by atoms with E-state index in [0.717, 1.165) is 24.5 Å². The molecule has 0 aromatic heterocycles. The molecule has 0 saturated heterocycles. The number of nitrogens with one attached hydrogen (secondary N) is 1. The van der Waals surface area contributed by atoms with Gasteiger partial charge in [0.1, 0.15) is 11.4 Å². The molecular weight excluding hydrogens is 394 g/mol. The Morgan fingerprint density at radius 3 is 2.10 bits per heavy atom. The summed E-state index contributed by atoms with van der Waals surface area (Å²) in [5, 5.41) is 3.18. The van der Waals surface area contributed by atoms with Gasteiger partial charge in [0.2, 0.25) is 0 Å². The molecule has 2 amide bonds. The molecule has 0 radical (unpaired) electrons. The third-order valence-electron chi connectivity index (χ3n) is 5.33. The van der Waals surface area contributed by atoms with Crippen LogP contribution in [0, 0.1) is 0 Å². The van der Waals surface area contributed by atoms with Crippen LogP contribution in [0.2, 0.25) is 0 Å². The van der Waals surface area contributed by atoms with E-state index < -0.39 is 0 Å². The van der Waals surface area contributed by atoms with Crippen LogP contribution in [0.25, 0.3) is 5.57 Å². The lowest BCUT2D eigenvalue weighted by Crippen LogP contribution is -2.35. The van der Waals surface area contributed by atoms with E-state index in [9.17, 15) is 9.59 Å². The van der Waals surface area contributed by atoms with Crippen molar-refractivity contribution in [3.05, 3.63) is 59.8 Å². The van der Waals surface area contributed by atoms with E-state index in [2.05, 4.69) is 24.1 Å².